The molecule has 3 aliphatic rings. The van der Waals surface area contributed by atoms with E-state index >= 15 is 0 Å². The second-order valence-electron chi connectivity index (χ2n) is 18.9. The highest BCUT2D eigenvalue weighted by molar-refractivity contribution is 6.35. The normalized spacial score (nSPS) is 13.5. The molecule has 0 spiro atoms. The smallest absolute Gasteiger partial charge is 0.349 e. The van der Waals surface area contributed by atoms with Crippen molar-refractivity contribution in [3.8, 4) is 0 Å². The largest absolute Gasteiger partial charge is 0.478 e. The summed E-state index contributed by atoms with van der Waals surface area (Å²) in [5.74, 6) is -1.36. The van der Waals surface area contributed by atoms with Gasteiger partial charge in [-0.2, -0.15) is 0 Å². The molecule has 1 amide bonds. The van der Waals surface area contributed by atoms with E-state index in [9.17, 15) is 44.7 Å². The van der Waals surface area contributed by atoms with Crippen LogP contribution < -0.4 is 26.2 Å². The maximum atomic E-state index is 12.5. The van der Waals surface area contributed by atoms with Crippen molar-refractivity contribution in [2.24, 2.45) is 4.99 Å². The summed E-state index contributed by atoms with van der Waals surface area (Å²) in [6.45, 7) is 15.8. The van der Waals surface area contributed by atoms with Crippen LogP contribution in [-0.4, -0.2) is 103 Å². The highest BCUT2D eigenvalue weighted by Crippen LogP contribution is 2.30. The fraction of sp³-hybridized carbons (Fsp3) is 0.340. The number of pyridine rings is 3. The lowest BCUT2D eigenvalue weighted by Gasteiger charge is -2.26. The number of carbonyl (C=O) groups is 3. The average Bonchev–Trinajstić information content (AvgIpc) is 3.39. The Morgan fingerprint density at radius 1 is 0.671 bits per heavy atom. The number of carbonyl (C=O) groups excluding carboxylic acids is 1. The summed E-state index contributed by atoms with van der Waals surface area (Å²) in [7, 11) is 0. The lowest BCUT2D eigenvalue weighted by atomic mass is 9.87. The van der Waals surface area contributed by atoms with E-state index < -0.39 is 26.7 Å². The third kappa shape index (κ3) is 21.8. The number of aliphatic imine (C=N–C) groups is 1. The van der Waals surface area contributed by atoms with Gasteiger partial charge in [0.2, 0.25) is 16.8 Å². The first-order chi connectivity index (χ1) is 35.9. The van der Waals surface area contributed by atoms with Crippen molar-refractivity contribution in [1.29, 1.82) is 0 Å². The SMILES string of the molecule is C.CC(C)(C)c1ccc(N)cc1.CC(C)(C)c1ccc(NC(=O)C2=CCN(c3ncccc3[N+](=O)[O-])CC2)cc1.Cl.F.O=C(O)C1=CCN(c2ncccc2[N+](=O)[O-])CC1.O=C(O)C1=NCNCC1.O=[N+]([O-])c1cccnc1Cl.[HH]. The molecule has 6 N–H and O–H groups in total. The number of nitrogens with one attached hydrogen (secondary N) is 2. The van der Waals surface area contributed by atoms with E-state index in [1.807, 2.05) is 41.3 Å². The van der Waals surface area contributed by atoms with Gasteiger partial charge in [-0.3, -0.25) is 50.2 Å². The fourth-order valence-electron chi connectivity index (χ4n) is 7.13. The quantitative estimate of drug-likeness (QED) is 0.0396. The summed E-state index contributed by atoms with van der Waals surface area (Å²) >= 11 is 5.37. The van der Waals surface area contributed by atoms with Crippen LogP contribution in [0.25, 0.3) is 0 Å². The van der Waals surface area contributed by atoms with Gasteiger partial charge in [0.15, 0.2) is 0 Å². The molecule has 0 radical (unpaired) electrons. The topological polar surface area (TPSA) is 329 Å². The number of nitrogens with two attached hydrogens (primary N) is 1. The minimum atomic E-state index is -0.940. The summed E-state index contributed by atoms with van der Waals surface area (Å²) in [5, 5.41) is 55.1. The minimum absolute atomic E-state index is 0. The van der Waals surface area contributed by atoms with Crippen molar-refractivity contribution in [2.45, 2.75) is 79.1 Å². The number of aromatic nitrogens is 3. The Hall–Kier alpha value is -8.48. The van der Waals surface area contributed by atoms with Gasteiger partial charge in [-0.05, 0) is 77.3 Å². The van der Waals surface area contributed by atoms with Crippen LogP contribution in [0.2, 0.25) is 5.15 Å². The molecule has 0 aliphatic carbocycles. The number of anilines is 4. The molecule has 0 fully saturated rings. The first-order valence-electron chi connectivity index (χ1n) is 23.7. The zero-order valence-electron chi connectivity index (χ0n) is 43.7. The van der Waals surface area contributed by atoms with Crippen molar-refractivity contribution in [3.05, 3.63) is 173 Å². The molecular formula is C53H69Cl2FN12O11. The summed E-state index contributed by atoms with van der Waals surface area (Å²) in [5.41, 5.74) is 11.0. The summed E-state index contributed by atoms with van der Waals surface area (Å²) in [4.78, 5) is 83.1. The molecule has 3 aromatic heterocycles. The molecule has 3 aliphatic heterocycles. The number of carboxylic acid groups (broad SMARTS) is 2. The van der Waals surface area contributed by atoms with E-state index in [0.717, 1.165) is 17.9 Å². The molecule has 79 heavy (non-hydrogen) atoms. The lowest BCUT2D eigenvalue weighted by Crippen LogP contribution is -2.32. The summed E-state index contributed by atoms with van der Waals surface area (Å²) in [6, 6.07) is 24.5. The fourth-order valence-corrected chi connectivity index (χ4v) is 7.31. The van der Waals surface area contributed by atoms with E-state index in [1.165, 1.54) is 60.0 Å². The van der Waals surface area contributed by atoms with Crippen LogP contribution in [0.4, 0.5) is 44.8 Å². The molecule has 428 valence electrons. The Morgan fingerprint density at radius 3 is 1.44 bits per heavy atom. The third-order valence-corrected chi connectivity index (χ3v) is 11.7. The number of aliphatic carboxylic acids is 2. The molecule has 26 heteroatoms. The van der Waals surface area contributed by atoms with Crippen molar-refractivity contribution in [1.82, 2.24) is 20.3 Å². The van der Waals surface area contributed by atoms with Crippen LogP contribution in [0.15, 0.2) is 132 Å². The number of carboxylic acids is 2. The Kier molecular flexibility index (Phi) is 28.0. The summed E-state index contributed by atoms with van der Waals surface area (Å²) in [6.07, 6.45) is 9.17. The number of benzene rings is 2. The maximum Gasteiger partial charge on any atom is 0.349 e. The molecular weight excluding hydrogens is 1070 g/mol. The first kappa shape index (κ1) is 68.5. The van der Waals surface area contributed by atoms with Crippen molar-refractivity contribution >= 4 is 87.6 Å². The molecule has 5 aromatic rings. The molecule has 0 saturated heterocycles. The van der Waals surface area contributed by atoms with Crippen molar-refractivity contribution in [2.75, 3.05) is 60.2 Å². The zero-order valence-corrected chi connectivity index (χ0v) is 45.3. The standard InChI is InChI=1S/C21H24N4O3.C11H11N3O4.C10H15N.C5H3ClN2O2.C5H8N2O2.CH4.ClH.FH.H2/c1-21(2,3)16-6-8-17(9-7-16)23-20(26)15-10-13-24(14-11-15)19-18(25(27)28)5-4-12-22-19;15-11(16)8-3-6-13(7-4-8)10-9(14(17)18)2-1-5-12-10;1-10(2,3)8-4-6-9(11)7-5-8;6-5-4(8(9)10)2-1-3-7-5;8-5(9)4-1-2-6-3-7-4;;;;/h4-10,12H,11,13-14H2,1-3H3,(H,23,26);1-3,5H,4,6-7H2,(H,15,16);4-7H,11H2,1-3H3;1-3H;6H,1-3H2,(H,8,9);1H4;3*1H. The molecule has 2 aromatic carbocycles. The van der Waals surface area contributed by atoms with Gasteiger partial charge in [-0.1, -0.05) is 97.0 Å². The second-order valence-corrected chi connectivity index (χ2v) is 19.3. The van der Waals surface area contributed by atoms with E-state index in [1.54, 1.807) is 23.1 Å². The van der Waals surface area contributed by atoms with Gasteiger partial charge >= 0.3 is 29.0 Å². The van der Waals surface area contributed by atoms with Crippen LogP contribution in [0.1, 0.15) is 80.8 Å². The van der Waals surface area contributed by atoms with Crippen molar-refractivity contribution in [3.63, 3.8) is 0 Å². The monoisotopic (exact) mass is 1140 g/mol. The average molecular weight is 1140 g/mol. The molecule has 6 heterocycles. The minimum Gasteiger partial charge on any atom is -0.478 e. The van der Waals surface area contributed by atoms with Gasteiger partial charge < -0.3 is 31.1 Å². The number of nitrogens with zero attached hydrogens (tertiary/aromatic N) is 9. The van der Waals surface area contributed by atoms with E-state index in [-0.39, 0.29) is 76.4 Å². The van der Waals surface area contributed by atoms with E-state index in [2.05, 4.69) is 84.3 Å². The number of nitro groups is 3. The third-order valence-electron chi connectivity index (χ3n) is 11.4. The van der Waals surface area contributed by atoms with Gasteiger partial charge in [-0.25, -0.2) is 24.5 Å². The number of nitrogen functional groups attached to an aromatic ring is 1. The number of hydrogen-bond donors (Lipinski definition) is 5. The predicted octanol–water partition coefficient (Wildman–Crippen LogP) is 10.4. The Morgan fingerprint density at radius 2 is 1.10 bits per heavy atom. The Bertz CT molecular complexity index is 2960. The molecule has 8 rings (SSSR count). The molecule has 0 unspecified atom stereocenters. The lowest BCUT2D eigenvalue weighted by molar-refractivity contribution is -0.385. The molecule has 0 saturated carbocycles. The summed E-state index contributed by atoms with van der Waals surface area (Å²) < 4.78 is 0. The van der Waals surface area contributed by atoms with Gasteiger partial charge in [0, 0.05) is 99.9 Å². The predicted molar refractivity (Wildman–Crippen MR) is 310 cm³/mol. The highest BCUT2D eigenvalue weighted by atomic mass is 35.5. The number of amides is 1. The maximum absolute atomic E-state index is 12.5. The van der Waals surface area contributed by atoms with Gasteiger partial charge in [-0.15, -0.1) is 12.4 Å². The molecule has 0 bridgehead atoms. The second kappa shape index (κ2) is 32.3. The van der Waals surface area contributed by atoms with Crippen LogP contribution in [0, 0.1) is 30.3 Å². The number of halogens is 3. The molecule has 23 nitrogen and oxygen atoms in total. The van der Waals surface area contributed by atoms with Crippen LogP contribution in [0.5, 0.6) is 0 Å². The Balaban J connectivity index is 0.00000104. The van der Waals surface area contributed by atoms with Gasteiger partial charge in [0.25, 0.3) is 5.91 Å². The van der Waals surface area contributed by atoms with Crippen LogP contribution in [0.3, 0.4) is 0 Å². The van der Waals surface area contributed by atoms with Gasteiger partial charge in [0.05, 0.1) is 21.4 Å². The number of hydrogen-bond acceptors (Lipinski definition) is 17. The zero-order chi connectivity index (χ0) is 56.2. The van der Waals surface area contributed by atoms with Crippen LogP contribution >= 0.6 is 24.0 Å². The van der Waals surface area contributed by atoms with Gasteiger partial charge in [0.1, 0.15) is 5.71 Å². The van der Waals surface area contributed by atoms with Crippen molar-refractivity contribution < 1.29 is 45.5 Å². The van der Waals surface area contributed by atoms with E-state index in [4.69, 9.17) is 27.5 Å². The Labute approximate surface area is 469 Å². The number of rotatable bonds is 9. The van der Waals surface area contributed by atoms with Crippen LogP contribution in [-0.2, 0) is 25.2 Å². The first-order valence-corrected chi connectivity index (χ1v) is 24.0. The van der Waals surface area contributed by atoms with E-state index in [0.29, 0.717) is 69.1 Å². The highest BCUT2D eigenvalue weighted by Gasteiger charge is 2.26. The molecule has 0 atom stereocenters.